The number of benzene rings is 2. The first kappa shape index (κ1) is 34.0. The normalized spacial score (nSPS) is 12.7. The molecule has 8 nitrogen and oxygen atoms in total. The number of hydrogen-bond donors (Lipinski definition) is 4. The summed E-state index contributed by atoms with van der Waals surface area (Å²) in [7, 11) is 1.67. The summed E-state index contributed by atoms with van der Waals surface area (Å²) in [5, 5.41) is 11.7. The van der Waals surface area contributed by atoms with Gasteiger partial charge in [-0.2, -0.15) is 0 Å². The highest BCUT2D eigenvalue weighted by Gasteiger charge is 2.18. The van der Waals surface area contributed by atoms with E-state index in [-0.39, 0.29) is 11.3 Å². The summed E-state index contributed by atoms with van der Waals surface area (Å²) >= 11 is 1.53. The molecule has 0 fully saturated rings. The van der Waals surface area contributed by atoms with E-state index in [2.05, 4.69) is 39.7 Å². The van der Waals surface area contributed by atoms with Crippen LogP contribution in [0.5, 0.6) is 0 Å². The standard InChI is InChI=1S/C35H35F2N5O3S/c1-22(2)34(40-21-23(3)20-38-15-16-45-4)31-18-30-35(46-31)25(13-14-39-30)6-5-24-7-10-28(17-29(24)37)42-33(44)19-32(43)41-27-11-8-26(36)9-12-27/h7-13,17-18,21,38-39H,1,14-16,19-20H2,2-4H3,(H,41,43)(H,42,44)/b23-21+,40-34?. The molecule has 4 N–H and O–H groups in total. The maximum atomic E-state index is 15.0. The number of nitrogens with one attached hydrogen (secondary N) is 4. The molecule has 238 valence electrons. The Balaban J connectivity index is 1.41. The Morgan fingerprint density at radius 3 is 2.48 bits per heavy atom. The van der Waals surface area contributed by atoms with Gasteiger partial charge in [0.05, 0.1) is 33.3 Å². The van der Waals surface area contributed by atoms with Gasteiger partial charge in [-0.25, -0.2) is 8.78 Å². The topological polar surface area (TPSA) is 104 Å². The molecule has 0 saturated heterocycles. The molecule has 0 aliphatic carbocycles. The molecule has 1 aliphatic heterocycles. The lowest BCUT2D eigenvalue weighted by Gasteiger charge is -2.11. The van der Waals surface area contributed by atoms with E-state index in [4.69, 9.17) is 9.73 Å². The molecule has 46 heavy (non-hydrogen) atoms. The molecule has 0 atom stereocenters. The van der Waals surface area contributed by atoms with Crippen LogP contribution in [0.3, 0.4) is 0 Å². The second-order valence-corrected chi connectivity index (χ2v) is 11.5. The number of fused-ring (bicyclic) bond motifs is 1. The number of aliphatic imine (C=N–C) groups is 1. The van der Waals surface area contributed by atoms with Crippen LogP contribution in [-0.4, -0.2) is 50.9 Å². The predicted molar refractivity (Wildman–Crippen MR) is 182 cm³/mol. The van der Waals surface area contributed by atoms with Gasteiger partial charge < -0.3 is 26.0 Å². The maximum Gasteiger partial charge on any atom is 0.233 e. The summed E-state index contributed by atoms with van der Waals surface area (Å²) < 4.78 is 33.1. The van der Waals surface area contributed by atoms with Gasteiger partial charge in [0.1, 0.15) is 18.1 Å². The zero-order valence-corrected chi connectivity index (χ0v) is 26.7. The highest BCUT2D eigenvalue weighted by Crippen LogP contribution is 2.36. The monoisotopic (exact) mass is 643 g/mol. The largest absolute Gasteiger partial charge is 0.383 e. The van der Waals surface area contributed by atoms with Gasteiger partial charge in [-0.3, -0.25) is 14.6 Å². The number of amides is 2. The lowest BCUT2D eigenvalue weighted by molar-refractivity contribution is -0.123. The van der Waals surface area contributed by atoms with Crippen molar-refractivity contribution in [3.05, 3.63) is 105 Å². The van der Waals surface area contributed by atoms with Crippen molar-refractivity contribution in [1.82, 2.24) is 5.32 Å². The van der Waals surface area contributed by atoms with E-state index in [0.717, 1.165) is 50.5 Å². The van der Waals surface area contributed by atoms with Crippen LogP contribution < -0.4 is 21.3 Å². The third-order valence-corrected chi connectivity index (χ3v) is 7.72. The van der Waals surface area contributed by atoms with Crippen molar-refractivity contribution in [2.75, 3.05) is 49.3 Å². The van der Waals surface area contributed by atoms with Gasteiger partial charge in [-0.05, 0) is 79.6 Å². The minimum Gasteiger partial charge on any atom is -0.383 e. The lowest BCUT2D eigenvalue weighted by atomic mass is 10.1. The molecule has 2 aromatic carbocycles. The minimum absolute atomic E-state index is 0.161. The Morgan fingerprint density at radius 1 is 1.07 bits per heavy atom. The Hall–Kier alpha value is -4.89. The summed E-state index contributed by atoms with van der Waals surface area (Å²) in [6, 6.07) is 11.3. The zero-order chi connectivity index (χ0) is 33.1. The number of ether oxygens (including phenoxy) is 1. The smallest absolute Gasteiger partial charge is 0.233 e. The van der Waals surface area contributed by atoms with E-state index in [1.807, 2.05) is 32.2 Å². The fourth-order valence-electron chi connectivity index (χ4n) is 4.29. The zero-order valence-electron chi connectivity index (χ0n) is 25.9. The Bertz CT molecular complexity index is 1760. The van der Waals surface area contributed by atoms with Crippen LogP contribution in [0.2, 0.25) is 0 Å². The fourth-order valence-corrected chi connectivity index (χ4v) is 5.49. The number of halogens is 2. The molecule has 3 aromatic rings. The van der Waals surface area contributed by atoms with E-state index in [0.29, 0.717) is 25.4 Å². The van der Waals surface area contributed by atoms with Gasteiger partial charge >= 0.3 is 0 Å². The molecule has 11 heteroatoms. The molecule has 2 amide bonds. The summed E-state index contributed by atoms with van der Waals surface area (Å²) in [5.41, 5.74) is 5.08. The molecule has 4 rings (SSSR count). The highest BCUT2D eigenvalue weighted by atomic mass is 32.1. The predicted octanol–water partition coefficient (Wildman–Crippen LogP) is 6.36. The van der Waals surface area contributed by atoms with Crippen LogP contribution in [0.4, 0.5) is 25.8 Å². The van der Waals surface area contributed by atoms with Gasteiger partial charge in [-0.15, -0.1) is 11.3 Å². The third-order valence-electron chi connectivity index (χ3n) is 6.55. The van der Waals surface area contributed by atoms with Gasteiger partial charge in [-0.1, -0.05) is 18.4 Å². The van der Waals surface area contributed by atoms with Gasteiger partial charge in [0.2, 0.25) is 11.8 Å². The number of hydrogen-bond acceptors (Lipinski definition) is 7. The number of methoxy groups -OCH3 is 1. The number of carbonyl (C=O) groups is 2. The molecule has 0 bridgehead atoms. The third kappa shape index (κ3) is 9.81. The Kier molecular flexibility index (Phi) is 12.1. The Morgan fingerprint density at radius 2 is 1.78 bits per heavy atom. The van der Waals surface area contributed by atoms with Crippen LogP contribution in [-0.2, 0) is 14.3 Å². The number of nitrogens with zero attached hydrogens (tertiary/aromatic N) is 1. The molecule has 2 heterocycles. The minimum atomic E-state index is -0.624. The summed E-state index contributed by atoms with van der Waals surface area (Å²) in [5.74, 6) is 3.74. The molecule has 0 radical (unpaired) electrons. The van der Waals surface area contributed by atoms with Crippen LogP contribution >= 0.6 is 11.3 Å². The average Bonchev–Trinajstić information content (AvgIpc) is 3.44. The van der Waals surface area contributed by atoms with Crippen molar-refractivity contribution in [3.8, 4) is 11.8 Å². The number of thiophene rings is 1. The van der Waals surface area contributed by atoms with E-state index in [9.17, 15) is 18.4 Å². The molecular formula is C35H35F2N5O3S. The first-order valence-corrected chi connectivity index (χ1v) is 15.3. The number of carbonyl (C=O) groups excluding carboxylic acids is 2. The van der Waals surface area contributed by atoms with E-state index < -0.39 is 29.9 Å². The SMILES string of the molecule is C=C(C)C(=N/C=C(\C)CNCCOC)c1cc2c(s1)C(C#Cc1ccc(NC(=O)CC(=O)Nc3ccc(F)cc3)cc1F)=CCN2. The highest BCUT2D eigenvalue weighted by molar-refractivity contribution is 7.16. The molecule has 1 aromatic heterocycles. The Labute approximate surface area is 271 Å². The van der Waals surface area contributed by atoms with Crippen LogP contribution in [0.25, 0.3) is 5.57 Å². The van der Waals surface area contributed by atoms with Gasteiger partial charge in [0.25, 0.3) is 0 Å². The van der Waals surface area contributed by atoms with E-state index in [1.165, 1.54) is 47.7 Å². The van der Waals surface area contributed by atoms with Crippen molar-refractivity contribution in [2.45, 2.75) is 20.3 Å². The quantitative estimate of drug-likeness (QED) is 0.0797. The number of rotatable bonds is 12. The van der Waals surface area contributed by atoms with Crippen LogP contribution in [0, 0.1) is 23.5 Å². The average molecular weight is 644 g/mol. The lowest BCUT2D eigenvalue weighted by Crippen LogP contribution is -2.21. The molecule has 0 unspecified atom stereocenters. The first-order chi connectivity index (χ1) is 22.1. The van der Waals surface area contributed by atoms with Gasteiger partial charge in [0, 0.05) is 49.9 Å². The van der Waals surface area contributed by atoms with E-state index in [1.54, 1.807) is 7.11 Å². The van der Waals surface area contributed by atoms with Crippen molar-refractivity contribution >= 4 is 51.5 Å². The van der Waals surface area contributed by atoms with E-state index >= 15 is 0 Å². The first-order valence-electron chi connectivity index (χ1n) is 14.5. The number of allylic oxidation sites excluding steroid dienone is 2. The molecule has 0 saturated carbocycles. The second-order valence-electron chi connectivity index (χ2n) is 10.5. The summed E-state index contributed by atoms with van der Waals surface area (Å²) in [6.45, 7) is 10.7. The van der Waals surface area contributed by atoms with Crippen molar-refractivity contribution in [3.63, 3.8) is 0 Å². The van der Waals surface area contributed by atoms with Crippen molar-refractivity contribution in [2.24, 2.45) is 4.99 Å². The summed E-state index contributed by atoms with van der Waals surface area (Å²) in [4.78, 5) is 31.1. The number of anilines is 3. The second kappa shape index (κ2) is 16.4. The molecule has 0 spiro atoms. The van der Waals surface area contributed by atoms with Crippen molar-refractivity contribution < 1.29 is 23.1 Å². The van der Waals surface area contributed by atoms with Gasteiger partial charge in [0.15, 0.2) is 0 Å². The molecular weight excluding hydrogens is 608 g/mol. The van der Waals surface area contributed by atoms with Crippen molar-refractivity contribution in [1.29, 1.82) is 0 Å². The summed E-state index contributed by atoms with van der Waals surface area (Å²) in [6.07, 6.45) is 3.30. The fraction of sp³-hybridized carbons (Fsp3) is 0.229. The van der Waals surface area contributed by atoms with Crippen LogP contribution in [0.1, 0.15) is 35.6 Å². The molecule has 1 aliphatic rings. The maximum absolute atomic E-state index is 15.0. The van der Waals surface area contributed by atoms with Crippen LogP contribution in [0.15, 0.2) is 83.5 Å².